The molecule has 0 saturated carbocycles. The van der Waals surface area contributed by atoms with Gasteiger partial charge < -0.3 is 4.74 Å². The topological polar surface area (TPSA) is 93.5 Å². The van der Waals surface area contributed by atoms with Crippen LogP contribution in [0.5, 0.6) is 0 Å². The SMILES string of the molecule is CC#CCOC(=NC(C)c1ccncc1)/C(=C(\C)NS(=O)(=O)c1ccc(C(C)C)cn1)c1ccc(C)cc1. The Morgan fingerprint density at radius 1 is 1.03 bits per heavy atom. The number of hydrogen-bond acceptors (Lipinski definition) is 6. The number of nitrogens with zero attached hydrogens (tertiary/aromatic N) is 3. The lowest BCUT2D eigenvalue weighted by Gasteiger charge is -2.19. The molecule has 2 heterocycles. The van der Waals surface area contributed by atoms with Gasteiger partial charge in [0.1, 0.15) is 0 Å². The summed E-state index contributed by atoms with van der Waals surface area (Å²) < 4.78 is 35.4. The fourth-order valence-corrected chi connectivity index (χ4v) is 4.71. The molecule has 0 fully saturated rings. The fourth-order valence-electron chi connectivity index (χ4n) is 3.66. The molecule has 198 valence electrons. The minimum absolute atomic E-state index is 0.0640. The first-order valence-corrected chi connectivity index (χ1v) is 13.9. The maximum atomic E-state index is 13.3. The highest BCUT2D eigenvalue weighted by atomic mass is 32.2. The molecule has 0 aliphatic rings. The van der Waals surface area contributed by atoms with E-state index in [4.69, 9.17) is 9.73 Å². The van der Waals surface area contributed by atoms with E-state index in [0.29, 0.717) is 11.3 Å². The summed E-state index contributed by atoms with van der Waals surface area (Å²) in [5.41, 5.74) is 4.60. The molecule has 0 aliphatic carbocycles. The van der Waals surface area contributed by atoms with Gasteiger partial charge in [0.05, 0.1) is 11.6 Å². The molecule has 3 rings (SSSR count). The van der Waals surface area contributed by atoms with Crippen molar-refractivity contribution in [1.82, 2.24) is 14.7 Å². The quantitative estimate of drug-likeness (QED) is 0.214. The monoisotopic (exact) mass is 530 g/mol. The van der Waals surface area contributed by atoms with E-state index >= 15 is 0 Å². The van der Waals surface area contributed by atoms with Crippen LogP contribution in [0.3, 0.4) is 0 Å². The number of benzene rings is 1. The second-order valence-corrected chi connectivity index (χ2v) is 10.8. The summed E-state index contributed by atoms with van der Waals surface area (Å²) in [5, 5.41) is -0.0640. The third kappa shape index (κ3) is 7.53. The Bertz CT molecular complexity index is 1450. The molecule has 7 nitrogen and oxygen atoms in total. The lowest BCUT2D eigenvalue weighted by molar-refractivity contribution is 0.359. The minimum atomic E-state index is -3.97. The zero-order chi connectivity index (χ0) is 27.7. The number of rotatable bonds is 9. The third-order valence-electron chi connectivity index (χ3n) is 5.88. The average molecular weight is 531 g/mol. The molecule has 38 heavy (non-hydrogen) atoms. The molecule has 0 saturated heterocycles. The summed E-state index contributed by atoms with van der Waals surface area (Å²) in [4.78, 5) is 13.1. The Kier molecular flexibility index (Phi) is 9.80. The highest BCUT2D eigenvalue weighted by molar-refractivity contribution is 7.89. The van der Waals surface area contributed by atoms with Gasteiger partial charge in [-0.05, 0) is 68.5 Å². The van der Waals surface area contributed by atoms with Crippen LogP contribution in [-0.4, -0.2) is 30.9 Å². The molecular weight excluding hydrogens is 496 g/mol. The molecule has 3 aromatic rings. The van der Waals surface area contributed by atoms with Crippen LogP contribution in [0.1, 0.15) is 68.8 Å². The Morgan fingerprint density at radius 2 is 1.71 bits per heavy atom. The van der Waals surface area contributed by atoms with Crippen LogP contribution in [-0.2, 0) is 14.8 Å². The standard InChI is InChI=1S/C30H34N4O3S/c1-7-8-19-37-30(33-23(5)25-15-17-31-18-16-25)29(26-11-9-22(4)10-12-26)24(6)34-38(35,36)28-14-13-27(20-32-28)21(2)3/h9-18,20-21,23,34H,19H2,1-6H3/b29-24+,33-30?. The van der Waals surface area contributed by atoms with Crippen LogP contribution in [0.15, 0.2) is 82.8 Å². The van der Waals surface area contributed by atoms with Crippen LogP contribution >= 0.6 is 0 Å². The summed E-state index contributed by atoms with van der Waals surface area (Å²) in [6.45, 7) is 11.5. The molecule has 0 aliphatic heterocycles. The molecule has 1 unspecified atom stereocenters. The van der Waals surface area contributed by atoms with E-state index in [1.54, 1.807) is 38.5 Å². The average Bonchev–Trinajstić information content (AvgIpc) is 2.90. The predicted octanol–water partition coefficient (Wildman–Crippen LogP) is 5.82. The van der Waals surface area contributed by atoms with E-state index in [0.717, 1.165) is 22.3 Å². The number of nitrogens with one attached hydrogen (secondary N) is 1. The highest BCUT2D eigenvalue weighted by Crippen LogP contribution is 2.26. The van der Waals surface area contributed by atoms with Crippen molar-refractivity contribution in [3.8, 4) is 11.8 Å². The Hall–Kier alpha value is -3.96. The van der Waals surface area contributed by atoms with Crippen molar-refractivity contribution in [3.63, 3.8) is 0 Å². The summed E-state index contributed by atoms with van der Waals surface area (Å²) in [7, 11) is -3.97. The Labute approximate surface area is 226 Å². The van der Waals surface area contributed by atoms with Crippen molar-refractivity contribution >= 4 is 21.5 Å². The second kappa shape index (κ2) is 13.0. The first-order valence-electron chi connectivity index (χ1n) is 12.4. The van der Waals surface area contributed by atoms with Gasteiger partial charge in [-0.25, -0.2) is 9.98 Å². The molecular formula is C30H34N4O3S. The van der Waals surface area contributed by atoms with E-state index in [1.165, 1.54) is 6.07 Å². The van der Waals surface area contributed by atoms with Crippen molar-refractivity contribution in [1.29, 1.82) is 0 Å². The summed E-state index contributed by atoms with van der Waals surface area (Å²) in [5.74, 6) is 6.25. The van der Waals surface area contributed by atoms with E-state index in [-0.39, 0.29) is 29.5 Å². The molecule has 1 aromatic carbocycles. The third-order valence-corrected chi connectivity index (χ3v) is 7.24. The van der Waals surface area contributed by atoms with E-state index in [9.17, 15) is 8.42 Å². The molecule has 1 atom stereocenters. The Balaban J connectivity index is 2.13. The number of allylic oxidation sites excluding steroid dienone is 1. The number of hydrogen-bond donors (Lipinski definition) is 1. The Morgan fingerprint density at radius 3 is 2.29 bits per heavy atom. The van der Waals surface area contributed by atoms with Crippen LogP contribution in [0, 0.1) is 18.8 Å². The van der Waals surface area contributed by atoms with Gasteiger partial charge in [-0.1, -0.05) is 55.7 Å². The van der Waals surface area contributed by atoms with Crippen molar-refractivity contribution < 1.29 is 13.2 Å². The van der Waals surface area contributed by atoms with Gasteiger partial charge in [-0.2, -0.15) is 8.42 Å². The number of ether oxygens (including phenoxy) is 1. The second-order valence-electron chi connectivity index (χ2n) is 9.16. The molecule has 0 amide bonds. The van der Waals surface area contributed by atoms with Gasteiger partial charge in [0, 0.05) is 24.3 Å². The smallest absolute Gasteiger partial charge is 0.279 e. The lowest BCUT2D eigenvalue weighted by Crippen LogP contribution is -2.26. The van der Waals surface area contributed by atoms with Gasteiger partial charge in [-0.15, -0.1) is 5.92 Å². The molecule has 0 spiro atoms. The molecule has 0 bridgehead atoms. The summed E-state index contributed by atoms with van der Waals surface area (Å²) in [6, 6.07) is 14.5. The summed E-state index contributed by atoms with van der Waals surface area (Å²) in [6.07, 6.45) is 5.01. The minimum Gasteiger partial charge on any atom is -0.464 e. The number of aliphatic imine (C=N–C) groups is 1. The van der Waals surface area contributed by atoms with Crippen molar-refractivity contribution in [3.05, 3.63) is 95.1 Å². The van der Waals surface area contributed by atoms with Crippen LogP contribution < -0.4 is 4.72 Å². The van der Waals surface area contributed by atoms with Gasteiger partial charge >= 0.3 is 0 Å². The van der Waals surface area contributed by atoms with Crippen molar-refractivity contribution in [2.75, 3.05) is 6.61 Å². The van der Waals surface area contributed by atoms with Crippen LogP contribution in [0.4, 0.5) is 0 Å². The molecule has 2 aromatic heterocycles. The maximum absolute atomic E-state index is 13.3. The maximum Gasteiger partial charge on any atom is 0.279 e. The van der Waals surface area contributed by atoms with Gasteiger partial charge in [0.25, 0.3) is 10.0 Å². The summed E-state index contributed by atoms with van der Waals surface area (Å²) >= 11 is 0. The lowest BCUT2D eigenvalue weighted by atomic mass is 10.0. The van der Waals surface area contributed by atoms with Crippen LogP contribution in [0.25, 0.3) is 5.57 Å². The number of pyridine rings is 2. The number of aromatic nitrogens is 2. The van der Waals surface area contributed by atoms with E-state index in [2.05, 4.69) is 26.5 Å². The first-order chi connectivity index (χ1) is 18.1. The van der Waals surface area contributed by atoms with E-state index < -0.39 is 10.0 Å². The van der Waals surface area contributed by atoms with E-state index in [1.807, 2.05) is 64.1 Å². The largest absolute Gasteiger partial charge is 0.464 e. The van der Waals surface area contributed by atoms with Gasteiger partial charge in [0.15, 0.2) is 11.6 Å². The van der Waals surface area contributed by atoms with Gasteiger partial charge in [-0.3, -0.25) is 9.71 Å². The number of sulfonamides is 1. The molecule has 8 heteroatoms. The van der Waals surface area contributed by atoms with Gasteiger partial charge in [0.2, 0.25) is 5.90 Å². The molecule has 1 N–H and O–H groups in total. The normalized spacial score (nSPS) is 13.3. The molecule has 0 radical (unpaired) electrons. The van der Waals surface area contributed by atoms with Crippen molar-refractivity contribution in [2.45, 2.75) is 58.5 Å². The number of aryl methyl sites for hydroxylation is 1. The van der Waals surface area contributed by atoms with Crippen LogP contribution in [0.2, 0.25) is 0 Å². The first kappa shape index (κ1) is 28.6. The zero-order valence-corrected chi connectivity index (χ0v) is 23.5. The zero-order valence-electron chi connectivity index (χ0n) is 22.7. The predicted molar refractivity (Wildman–Crippen MR) is 152 cm³/mol. The van der Waals surface area contributed by atoms with Crippen molar-refractivity contribution in [2.24, 2.45) is 4.99 Å². The highest BCUT2D eigenvalue weighted by Gasteiger charge is 2.22. The fraction of sp³-hybridized carbons (Fsp3) is 0.300.